The molecule has 3 rings (SSSR count). The molecule has 1 N–H and O–H groups in total. The highest BCUT2D eigenvalue weighted by Crippen LogP contribution is 2.27. The second kappa shape index (κ2) is 7.61. The molecule has 1 fully saturated rings. The van der Waals surface area contributed by atoms with Crippen LogP contribution < -0.4 is 10.1 Å². The summed E-state index contributed by atoms with van der Waals surface area (Å²) < 4.78 is 33.1. The van der Waals surface area contributed by atoms with Crippen LogP contribution in [0.3, 0.4) is 0 Å². The lowest BCUT2D eigenvalue weighted by Gasteiger charge is -2.27. The number of rotatable bonds is 5. The van der Waals surface area contributed by atoms with Gasteiger partial charge in [-0.1, -0.05) is 6.58 Å². The molecule has 0 aliphatic carbocycles. The number of allylic oxidation sites excluding steroid dienone is 1. The predicted octanol–water partition coefficient (Wildman–Crippen LogP) is 2.42. The molecule has 1 saturated heterocycles. The van der Waals surface area contributed by atoms with E-state index in [4.69, 9.17) is 4.74 Å². The minimum atomic E-state index is -1.14. The largest absolute Gasteiger partial charge is 0.471 e. The normalized spacial score (nSPS) is 19.8. The van der Waals surface area contributed by atoms with E-state index in [-0.39, 0.29) is 18.0 Å². The van der Waals surface area contributed by atoms with E-state index >= 15 is 0 Å². The van der Waals surface area contributed by atoms with Crippen LogP contribution in [-0.4, -0.2) is 46.1 Å². The number of nitrogens with zero attached hydrogens (tertiary/aromatic N) is 3. The number of piperidine rings is 1. The van der Waals surface area contributed by atoms with Gasteiger partial charge in [-0.25, -0.2) is 23.8 Å². The Labute approximate surface area is 148 Å². The first kappa shape index (κ1) is 18.0. The lowest BCUT2D eigenvalue weighted by atomic mass is 10.1. The van der Waals surface area contributed by atoms with E-state index in [2.05, 4.69) is 26.9 Å². The van der Waals surface area contributed by atoms with Gasteiger partial charge >= 0.3 is 5.97 Å². The fourth-order valence-electron chi connectivity index (χ4n) is 2.65. The Hall–Kier alpha value is -2.81. The van der Waals surface area contributed by atoms with E-state index in [1.54, 1.807) is 13.0 Å². The summed E-state index contributed by atoms with van der Waals surface area (Å²) in [7, 11) is 0. The Morgan fingerprint density at radius 3 is 2.96 bits per heavy atom. The predicted molar refractivity (Wildman–Crippen MR) is 89.4 cm³/mol. The van der Waals surface area contributed by atoms with Gasteiger partial charge in [-0.3, -0.25) is 0 Å². The van der Waals surface area contributed by atoms with Crippen LogP contribution in [0.2, 0.25) is 0 Å². The molecule has 138 valence electrons. The van der Waals surface area contributed by atoms with Crippen LogP contribution in [0.4, 0.5) is 8.92 Å². The zero-order chi connectivity index (χ0) is 18.7. The van der Waals surface area contributed by atoms with E-state index < -0.39 is 18.2 Å². The van der Waals surface area contributed by atoms with Crippen molar-refractivity contribution in [2.75, 3.05) is 13.1 Å². The summed E-state index contributed by atoms with van der Waals surface area (Å²) >= 11 is 0. The van der Waals surface area contributed by atoms with Crippen molar-refractivity contribution in [1.82, 2.24) is 20.1 Å². The number of aromatic nitrogens is 3. The molecule has 0 amide bonds. The van der Waals surface area contributed by atoms with E-state index in [1.807, 2.05) is 0 Å². The van der Waals surface area contributed by atoms with Gasteiger partial charge in [0.15, 0.2) is 0 Å². The summed E-state index contributed by atoms with van der Waals surface area (Å²) in [4.78, 5) is 18.6. The first-order valence-electron chi connectivity index (χ1n) is 8.05. The molecule has 2 aromatic rings. The maximum absolute atomic E-state index is 14.0. The van der Waals surface area contributed by atoms with Crippen LogP contribution in [-0.2, 0) is 4.94 Å². The van der Waals surface area contributed by atoms with Crippen LogP contribution >= 0.6 is 0 Å². The second-order valence-electron chi connectivity index (χ2n) is 6.03. The average molecular weight is 364 g/mol. The highest BCUT2D eigenvalue weighted by Gasteiger charge is 2.27. The standard InChI is InChI=1S/C17H18F2N4O3/c1-10(2)13-5-12(23-9-11(6-22-23)17(24)26-19)7-21-16(13)25-15-3-4-20-8-14(15)18/h5-7,9,14-15,20H,1,3-4,8H2,2H3. The molecule has 0 saturated carbocycles. The summed E-state index contributed by atoms with van der Waals surface area (Å²) in [6.07, 6.45) is 2.79. The SMILES string of the molecule is C=C(C)c1cc(-n2cc(C(=O)OF)cn2)cnc1OC1CCNCC1F. The van der Waals surface area contributed by atoms with Gasteiger partial charge in [0.2, 0.25) is 5.88 Å². The fraction of sp³-hybridized carbons (Fsp3) is 0.353. The van der Waals surface area contributed by atoms with E-state index in [9.17, 15) is 13.7 Å². The molecule has 0 aromatic carbocycles. The summed E-state index contributed by atoms with van der Waals surface area (Å²) in [5.74, 6) is -0.851. The van der Waals surface area contributed by atoms with Crippen molar-refractivity contribution in [3.63, 3.8) is 0 Å². The third-order valence-corrected chi connectivity index (χ3v) is 4.06. The quantitative estimate of drug-likeness (QED) is 0.878. The van der Waals surface area contributed by atoms with Crippen molar-refractivity contribution >= 4 is 11.5 Å². The number of hydrogen-bond donors (Lipinski definition) is 1. The number of nitrogens with one attached hydrogen (secondary N) is 1. The van der Waals surface area contributed by atoms with Crippen molar-refractivity contribution in [3.05, 3.63) is 42.4 Å². The number of halogens is 2. The number of carbonyl (C=O) groups excluding carboxylic acids is 1. The molecule has 1 aliphatic rings. The molecule has 2 unspecified atom stereocenters. The van der Waals surface area contributed by atoms with Gasteiger partial charge < -0.3 is 10.1 Å². The molecular weight excluding hydrogens is 346 g/mol. The van der Waals surface area contributed by atoms with Crippen LogP contribution in [0.5, 0.6) is 5.88 Å². The van der Waals surface area contributed by atoms with Crippen LogP contribution in [0.1, 0.15) is 29.3 Å². The number of ether oxygens (including phenoxy) is 1. The van der Waals surface area contributed by atoms with Crippen LogP contribution in [0.25, 0.3) is 11.3 Å². The summed E-state index contributed by atoms with van der Waals surface area (Å²) in [6, 6.07) is 1.70. The molecule has 2 atom stereocenters. The summed E-state index contributed by atoms with van der Waals surface area (Å²) in [5.41, 5.74) is 1.74. The minimum Gasteiger partial charge on any atom is -0.471 e. The number of hydrogen-bond acceptors (Lipinski definition) is 6. The Kier molecular flexibility index (Phi) is 5.27. The Bertz CT molecular complexity index is 824. The van der Waals surface area contributed by atoms with Gasteiger partial charge in [-0.05, 0) is 31.5 Å². The zero-order valence-electron chi connectivity index (χ0n) is 14.1. The molecule has 0 spiro atoms. The molecular formula is C17H18F2N4O3. The Balaban J connectivity index is 1.88. The third kappa shape index (κ3) is 3.72. The van der Waals surface area contributed by atoms with Gasteiger partial charge in [0.05, 0.1) is 18.1 Å². The highest BCUT2D eigenvalue weighted by molar-refractivity contribution is 5.88. The maximum atomic E-state index is 14.0. The van der Waals surface area contributed by atoms with Crippen molar-refractivity contribution in [1.29, 1.82) is 0 Å². The molecule has 7 nitrogen and oxygen atoms in total. The topological polar surface area (TPSA) is 78.3 Å². The summed E-state index contributed by atoms with van der Waals surface area (Å²) in [6.45, 7) is 6.59. The molecule has 3 heterocycles. The van der Waals surface area contributed by atoms with E-state index in [0.717, 1.165) is 0 Å². The average Bonchev–Trinajstić information content (AvgIpc) is 3.13. The lowest BCUT2D eigenvalue weighted by Crippen LogP contribution is -2.44. The smallest absolute Gasteiger partial charge is 0.382 e. The first-order valence-corrected chi connectivity index (χ1v) is 8.05. The van der Waals surface area contributed by atoms with Crippen molar-refractivity contribution in [2.45, 2.75) is 25.6 Å². The minimum absolute atomic E-state index is 0.0420. The third-order valence-electron chi connectivity index (χ3n) is 4.06. The monoisotopic (exact) mass is 364 g/mol. The first-order chi connectivity index (χ1) is 12.5. The van der Waals surface area contributed by atoms with Crippen molar-refractivity contribution < 1.29 is 23.4 Å². The molecule has 0 bridgehead atoms. The van der Waals surface area contributed by atoms with Gasteiger partial charge in [-0.2, -0.15) is 5.10 Å². The van der Waals surface area contributed by atoms with Gasteiger partial charge in [0.1, 0.15) is 17.8 Å². The maximum Gasteiger partial charge on any atom is 0.382 e. The number of pyridine rings is 1. The van der Waals surface area contributed by atoms with Gasteiger partial charge in [0, 0.05) is 22.8 Å². The van der Waals surface area contributed by atoms with E-state index in [0.29, 0.717) is 29.8 Å². The van der Waals surface area contributed by atoms with Crippen molar-refractivity contribution in [2.24, 2.45) is 0 Å². The molecule has 9 heteroatoms. The van der Waals surface area contributed by atoms with Gasteiger partial charge in [-0.15, -0.1) is 0 Å². The van der Waals surface area contributed by atoms with Crippen LogP contribution in [0, 0.1) is 0 Å². The zero-order valence-corrected chi connectivity index (χ0v) is 14.1. The summed E-state index contributed by atoms with van der Waals surface area (Å²) in [5, 5.41) is 6.95. The van der Waals surface area contributed by atoms with E-state index in [1.165, 1.54) is 23.3 Å². The highest BCUT2D eigenvalue weighted by atomic mass is 19.3. The Morgan fingerprint density at radius 2 is 2.27 bits per heavy atom. The lowest BCUT2D eigenvalue weighted by molar-refractivity contribution is -0.0788. The molecule has 0 radical (unpaired) electrons. The van der Waals surface area contributed by atoms with Gasteiger partial charge in [0.25, 0.3) is 0 Å². The molecule has 1 aliphatic heterocycles. The Morgan fingerprint density at radius 1 is 1.46 bits per heavy atom. The molecule has 26 heavy (non-hydrogen) atoms. The number of carbonyl (C=O) groups is 1. The second-order valence-corrected chi connectivity index (χ2v) is 6.03. The molecule has 2 aromatic heterocycles. The number of alkyl halides is 1. The van der Waals surface area contributed by atoms with Crippen LogP contribution in [0.15, 0.2) is 31.2 Å². The fourth-order valence-corrected chi connectivity index (χ4v) is 2.65. The van der Waals surface area contributed by atoms with Crippen molar-refractivity contribution in [3.8, 4) is 11.6 Å².